The van der Waals surface area contributed by atoms with Gasteiger partial charge in [-0.05, 0) is 72.1 Å². The lowest BCUT2D eigenvalue weighted by Crippen LogP contribution is -2.31. The first-order chi connectivity index (χ1) is 20.2. The molecule has 42 heavy (non-hydrogen) atoms. The maximum absolute atomic E-state index is 12.8. The quantitative estimate of drug-likeness (QED) is 0.220. The average molecular weight is 595 g/mol. The van der Waals surface area contributed by atoms with Gasteiger partial charge in [0.2, 0.25) is 5.91 Å². The van der Waals surface area contributed by atoms with Crippen LogP contribution in [0, 0.1) is 31.1 Å². The summed E-state index contributed by atoms with van der Waals surface area (Å²) in [5.74, 6) is 1.48. The third kappa shape index (κ3) is 7.66. The Morgan fingerprint density at radius 2 is 2.05 bits per heavy atom. The van der Waals surface area contributed by atoms with E-state index in [4.69, 9.17) is 25.6 Å². The summed E-state index contributed by atoms with van der Waals surface area (Å²) in [6.45, 7) is 7.86. The van der Waals surface area contributed by atoms with Crippen LogP contribution in [0.1, 0.15) is 48.4 Å². The van der Waals surface area contributed by atoms with Crippen LogP contribution in [0.15, 0.2) is 34.9 Å². The predicted octanol–water partition coefficient (Wildman–Crippen LogP) is 5.96. The standard InChI is InChI=1S/C31H39ClN6O4/c1-6-40-29-16-26-24(15-27(29)36-30(39)8-7-12-38(4)5)31(21(17-33)18-34-26)35-22-9-10-28(25(32)14-22)41-13-11-23-19(2)37-42-20(23)3/h9-10,14-16,21,31,34-35H,6-8,11-13,18H2,1-5H3,(H,36,39). The second-order valence-corrected chi connectivity index (χ2v) is 11.0. The van der Waals surface area contributed by atoms with Crippen LogP contribution in [0.3, 0.4) is 0 Å². The number of fused-ring (bicyclic) bond motifs is 1. The number of anilines is 3. The zero-order chi connectivity index (χ0) is 30.2. The molecule has 0 spiro atoms. The summed E-state index contributed by atoms with van der Waals surface area (Å²) in [5, 5.41) is 24.3. The molecule has 3 N–H and O–H groups in total. The van der Waals surface area contributed by atoms with Gasteiger partial charge >= 0.3 is 0 Å². The van der Waals surface area contributed by atoms with E-state index in [1.165, 1.54) is 0 Å². The van der Waals surface area contributed by atoms with Gasteiger partial charge in [-0.15, -0.1) is 0 Å². The molecule has 1 aromatic heterocycles. The fraction of sp³-hybridized carbons (Fsp3) is 0.452. The van der Waals surface area contributed by atoms with Gasteiger partial charge in [0.05, 0.1) is 47.6 Å². The van der Waals surface area contributed by atoms with E-state index in [-0.39, 0.29) is 17.9 Å². The highest BCUT2D eigenvalue weighted by atomic mass is 35.5. The number of hydrogen-bond donors (Lipinski definition) is 3. The fourth-order valence-electron chi connectivity index (χ4n) is 5.01. The van der Waals surface area contributed by atoms with E-state index in [9.17, 15) is 10.1 Å². The van der Waals surface area contributed by atoms with Gasteiger partial charge in [0.15, 0.2) is 0 Å². The Hall–Kier alpha value is -3.94. The number of halogens is 1. The number of nitriles is 1. The molecule has 2 heterocycles. The molecular weight excluding hydrogens is 556 g/mol. The van der Waals surface area contributed by atoms with Crippen LogP contribution in [0.5, 0.6) is 11.5 Å². The lowest BCUT2D eigenvalue weighted by molar-refractivity contribution is -0.116. The van der Waals surface area contributed by atoms with Crippen molar-refractivity contribution in [1.82, 2.24) is 10.1 Å². The van der Waals surface area contributed by atoms with Crippen molar-refractivity contribution in [3.63, 3.8) is 0 Å². The predicted molar refractivity (Wildman–Crippen MR) is 165 cm³/mol. The molecule has 1 aliphatic heterocycles. The van der Waals surface area contributed by atoms with E-state index in [1.807, 2.05) is 64.0 Å². The second-order valence-electron chi connectivity index (χ2n) is 10.6. The number of carbonyl (C=O) groups excluding carboxylic acids is 1. The number of amides is 1. The summed E-state index contributed by atoms with van der Waals surface area (Å²) >= 11 is 6.60. The summed E-state index contributed by atoms with van der Waals surface area (Å²) in [7, 11) is 3.97. The Morgan fingerprint density at radius 3 is 2.71 bits per heavy atom. The largest absolute Gasteiger partial charge is 0.492 e. The Labute approximate surface area is 252 Å². The fourth-order valence-corrected chi connectivity index (χ4v) is 5.25. The topological polar surface area (TPSA) is 125 Å². The van der Waals surface area contributed by atoms with E-state index in [0.717, 1.165) is 46.9 Å². The van der Waals surface area contributed by atoms with Crippen LogP contribution in [0.25, 0.3) is 0 Å². The van der Waals surface area contributed by atoms with Crippen molar-refractivity contribution in [2.24, 2.45) is 5.92 Å². The van der Waals surface area contributed by atoms with Crippen molar-refractivity contribution in [3.8, 4) is 17.6 Å². The number of rotatable bonds is 13. The lowest BCUT2D eigenvalue weighted by atomic mass is 9.88. The highest BCUT2D eigenvalue weighted by Crippen LogP contribution is 2.42. The molecule has 10 nitrogen and oxygen atoms in total. The first-order valence-corrected chi connectivity index (χ1v) is 14.6. The molecule has 0 fully saturated rings. The number of hydrogen-bond acceptors (Lipinski definition) is 9. The maximum atomic E-state index is 12.8. The molecule has 3 aromatic rings. The number of aryl methyl sites for hydroxylation is 2. The third-order valence-corrected chi connectivity index (χ3v) is 7.49. The molecule has 0 saturated carbocycles. The average Bonchev–Trinajstić information content (AvgIpc) is 3.27. The van der Waals surface area contributed by atoms with Gasteiger partial charge in [0.1, 0.15) is 17.3 Å². The molecule has 0 saturated heterocycles. The Bertz CT molecular complexity index is 1410. The van der Waals surface area contributed by atoms with Gasteiger partial charge < -0.3 is 34.8 Å². The summed E-state index contributed by atoms with van der Waals surface area (Å²) in [5.41, 5.74) is 4.93. The Balaban J connectivity index is 1.51. The molecule has 0 aliphatic carbocycles. The normalized spacial score (nSPS) is 15.9. The monoisotopic (exact) mass is 594 g/mol. The van der Waals surface area contributed by atoms with Crippen molar-refractivity contribution in [2.45, 2.75) is 46.1 Å². The van der Waals surface area contributed by atoms with Gasteiger partial charge in [-0.3, -0.25) is 4.79 Å². The molecule has 0 bridgehead atoms. The molecule has 2 atom stereocenters. The minimum Gasteiger partial charge on any atom is -0.492 e. The van der Waals surface area contributed by atoms with Crippen LogP contribution in [-0.2, 0) is 11.2 Å². The number of ether oxygens (including phenoxy) is 2. The highest BCUT2D eigenvalue weighted by Gasteiger charge is 2.31. The van der Waals surface area contributed by atoms with Crippen molar-refractivity contribution < 1.29 is 18.8 Å². The number of benzene rings is 2. The lowest BCUT2D eigenvalue weighted by Gasteiger charge is -2.33. The summed E-state index contributed by atoms with van der Waals surface area (Å²) < 4.78 is 17.0. The molecule has 1 amide bonds. The van der Waals surface area contributed by atoms with E-state index < -0.39 is 0 Å². The number of aromatic nitrogens is 1. The molecule has 0 radical (unpaired) electrons. The summed E-state index contributed by atoms with van der Waals surface area (Å²) in [4.78, 5) is 14.8. The molecule has 224 valence electrons. The van der Waals surface area contributed by atoms with Crippen LogP contribution >= 0.6 is 11.6 Å². The Morgan fingerprint density at radius 1 is 1.24 bits per heavy atom. The summed E-state index contributed by atoms with van der Waals surface area (Å²) in [6.07, 6.45) is 1.80. The Kier molecular flexibility index (Phi) is 10.6. The van der Waals surface area contributed by atoms with Gasteiger partial charge in [-0.25, -0.2) is 0 Å². The van der Waals surface area contributed by atoms with E-state index >= 15 is 0 Å². The zero-order valence-corrected chi connectivity index (χ0v) is 25.6. The molecule has 1 aliphatic rings. The molecule has 11 heteroatoms. The molecule has 4 rings (SSSR count). The minimum absolute atomic E-state index is 0.0837. The van der Waals surface area contributed by atoms with E-state index in [0.29, 0.717) is 54.8 Å². The molecule has 2 aromatic carbocycles. The van der Waals surface area contributed by atoms with Gasteiger partial charge in [-0.2, -0.15) is 5.26 Å². The van der Waals surface area contributed by atoms with E-state index in [2.05, 4.69) is 27.2 Å². The van der Waals surface area contributed by atoms with Crippen LogP contribution in [0.4, 0.5) is 17.1 Å². The molecular formula is C31H39ClN6O4. The van der Waals surface area contributed by atoms with Gasteiger partial charge in [0.25, 0.3) is 0 Å². The number of nitrogens with zero attached hydrogens (tertiary/aromatic N) is 3. The molecule has 2 unspecified atom stereocenters. The first kappa shape index (κ1) is 31.0. The van der Waals surface area contributed by atoms with Gasteiger partial charge in [-0.1, -0.05) is 16.8 Å². The first-order valence-electron chi connectivity index (χ1n) is 14.2. The smallest absolute Gasteiger partial charge is 0.224 e. The number of nitrogens with one attached hydrogen (secondary N) is 3. The van der Waals surface area contributed by atoms with E-state index in [1.54, 1.807) is 6.07 Å². The van der Waals surface area contributed by atoms with Crippen molar-refractivity contribution >= 4 is 34.6 Å². The zero-order valence-electron chi connectivity index (χ0n) is 24.8. The van der Waals surface area contributed by atoms with Crippen molar-refractivity contribution in [1.29, 1.82) is 5.26 Å². The minimum atomic E-state index is -0.371. The highest BCUT2D eigenvalue weighted by molar-refractivity contribution is 6.32. The summed E-state index contributed by atoms with van der Waals surface area (Å²) in [6, 6.07) is 11.3. The SMILES string of the molecule is CCOc1cc2c(cc1NC(=O)CCCN(C)C)C(Nc1ccc(OCCc3c(C)noc3C)c(Cl)c1)C(C#N)CN2. The third-order valence-electron chi connectivity index (χ3n) is 7.20. The number of carbonyl (C=O) groups is 1. The van der Waals surface area contributed by atoms with Crippen molar-refractivity contribution in [3.05, 3.63) is 57.9 Å². The van der Waals surface area contributed by atoms with Gasteiger partial charge in [0, 0.05) is 48.0 Å². The second kappa shape index (κ2) is 14.3. The van der Waals surface area contributed by atoms with Crippen LogP contribution < -0.4 is 25.4 Å². The van der Waals surface area contributed by atoms with Crippen LogP contribution in [0.2, 0.25) is 5.02 Å². The maximum Gasteiger partial charge on any atom is 0.224 e. The van der Waals surface area contributed by atoms with Crippen LogP contribution in [-0.4, -0.2) is 56.4 Å². The van der Waals surface area contributed by atoms with Crippen molar-refractivity contribution in [2.75, 3.05) is 56.3 Å².